The number of benzene rings is 4. The maximum Gasteiger partial charge on any atom is 0.0377 e. The monoisotopic (exact) mass is 450 g/mol. The average Bonchev–Trinajstić information content (AvgIpc) is 2.80. The summed E-state index contributed by atoms with van der Waals surface area (Å²) in [6, 6.07) is 41.1. The molecule has 2 saturated heterocycles. The molecule has 0 amide bonds. The van der Waals surface area contributed by atoms with Crippen LogP contribution in [0.1, 0.15) is 12.8 Å². The third-order valence-electron chi connectivity index (χ3n) is 6.98. The molecular formula is C30H30N2S. The Bertz CT molecular complexity index is 1130. The van der Waals surface area contributed by atoms with Crippen LogP contribution in [0.4, 0.5) is 11.4 Å². The van der Waals surface area contributed by atoms with Crippen LogP contribution in [0.5, 0.6) is 0 Å². The maximum absolute atomic E-state index is 2.50. The van der Waals surface area contributed by atoms with Gasteiger partial charge in [0.1, 0.15) is 0 Å². The van der Waals surface area contributed by atoms with Gasteiger partial charge in [-0.15, -0.1) is 10.0 Å². The van der Waals surface area contributed by atoms with Gasteiger partial charge in [0.25, 0.3) is 0 Å². The standard InChI is InChI=1S/C30H30N2S/c1-3-13-27(14-4-1)33(28-15-5-2-6-16-28,29-17-7-11-25(23-29)31-19-9-20-31)30-18-8-12-26(24-30)32-21-10-22-32/h1-8,11-18,23-24H,9-10,19-22H2. The van der Waals surface area contributed by atoms with Crippen molar-refractivity contribution in [3.63, 3.8) is 0 Å². The van der Waals surface area contributed by atoms with Crippen molar-refractivity contribution in [2.24, 2.45) is 0 Å². The highest BCUT2D eigenvalue weighted by molar-refractivity contribution is 8.34. The quantitative estimate of drug-likeness (QED) is 0.301. The molecule has 2 aliphatic heterocycles. The first kappa shape index (κ1) is 20.4. The van der Waals surface area contributed by atoms with E-state index >= 15 is 0 Å². The highest BCUT2D eigenvalue weighted by Crippen LogP contribution is 2.73. The van der Waals surface area contributed by atoms with Crippen molar-refractivity contribution in [3.8, 4) is 0 Å². The van der Waals surface area contributed by atoms with Gasteiger partial charge >= 0.3 is 0 Å². The van der Waals surface area contributed by atoms with E-state index in [1.165, 1.54) is 43.8 Å². The van der Waals surface area contributed by atoms with E-state index in [4.69, 9.17) is 0 Å². The van der Waals surface area contributed by atoms with E-state index < -0.39 is 10.0 Å². The first-order valence-electron chi connectivity index (χ1n) is 12.0. The summed E-state index contributed by atoms with van der Waals surface area (Å²) < 4.78 is 0. The Hall–Kier alpha value is -3.17. The van der Waals surface area contributed by atoms with Crippen molar-refractivity contribution in [2.75, 3.05) is 36.0 Å². The lowest BCUT2D eigenvalue weighted by Crippen LogP contribution is -2.37. The summed E-state index contributed by atoms with van der Waals surface area (Å²) in [4.78, 5) is 10.6. The first-order valence-corrected chi connectivity index (χ1v) is 13.6. The summed E-state index contributed by atoms with van der Waals surface area (Å²) in [5.74, 6) is 0. The molecule has 166 valence electrons. The van der Waals surface area contributed by atoms with E-state index in [2.05, 4.69) is 119 Å². The Morgan fingerprint density at radius 3 is 1.18 bits per heavy atom. The van der Waals surface area contributed by atoms with E-state index in [1.807, 2.05) is 0 Å². The van der Waals surface area contributed by atoms with Crippen molar-refractivity contribution in [2.45, 2.75) is 32.4 Å². The fourth-order valence-corrected chi connectivity index (χ4v) is 8.88. The lowest BCUT2D eigenvalue weighted by molar-refractivity contribution is 0.617. The SMILES string of the molecule is c1ccc(S(c2ccccc2)(c2cccc(N3CCC3)c2)c2cccc(N3CCC3)c2)cc1. The van der Waals surface area contributed by atoms with Crippen molar-refractivity contribution in [1.82, 2.24) is 0 Å². The molecule has 0 unspecified atom stereocenters. The summed E-state index contributed by atoms with van der Waals surface area (Å²) in [7, 11) is -1.64. The van der Waals surface area contributed by atoms with E-state index in [1.54, 1.807) is 0 Å². The lowest BCUT2D eigenvalue weighted by atomic mass is 10.2. The molecule has 0 radical (unpaired) electrons. The topological polar surface area (TPSA) is 6.48 Å². The van der Waals surface area contributed by atoms with Crippen molar-refractivity contribution >= 4 is 21.4 Å². The van der Waals surface area contributed by atoms with Crippen LogP contribution < -0.4 is 9.80 Å². The molecule has 2 nitrogen and oxygen atoms in total. The van der Waals surface area contributed by atoms with Crippen LogP contribution >= 0.6 is 10.0 Å². The molecular weight excluding hydrogens is 420 g/mol. The van der Waals surface area contributed by atoms with Gasteiger partial charge in [-0.2, -0.15) is 0 Å². The molecule has 2 aliphatic rings. The Kier molecular flexibility index (Phi) is 5.35. The van der Waals surface area contributed by atoms with Gasteiger partial charge in [-0.3, -0.25) is 0 Å². The largest absolute Gasteiger partial charge is 0.371 e. The normalized spacial score (nSPS) is 16.1. The predicted octanol–water partition coefficient (Wildman–Crippen LogP) is 7.45. The molecule has 0 aromatic heterocycles. The second-order valence-corrected chi connectivity index (χ2v) is 12.0. The first-order chi connectivity index (χ1) is 16.4. The maximum atomic E-state index is 2.50. The Morgan fingerprint density at radius 2 is 0.818 bits per heavy atom. The zero-order valence-corrected chi connectivity index (χ0v) is 19.8. The number of rotatable bonds is 6. The Morgan fingerprint density at radius 1 is 0.424 bits per heavy atom. The molecule has 0 aliphatic carbocycles. The zero-order chi connectivity index (χ0) is 22.1. The van der Waals surface area contributed by atoms with Gasteiger partial charge in [-0.1, -0.05) is 48.5 Å². The summed E-state index contributed by atoms with van der Waals surface area (Å²) in [6.45, 7) is 4.64. The molecule has 0 atom stereocenters. The van der Waals surface area contributed by atoms with Crippen molar-refractivity contribution in [1.29, 1.82) is 0 Å². The second kappa shape index (κ2) is 8.64. The number of anilines is 2. The fraction of sp³-hybridized carbons (Fsp3) is 0.200. The fourth-order valence-electron chi connectivity index (χ4n) is 4.96. The number of hydrogen-bond donors (Lipinski definition) is 0. The smallest absolute Gasteiger partial charge is 0.0377 e. The molecule has 0 spiro atoms. The molecule has 0 N–H and O–H groups in total. The molecule has 4 aromatic carbocycles. The second-order valence-electron chi connectivity index (χ2n) is 8.91. The molecule has 33 heavy (non-hydrogen) atoms. The van der Waals surface area contributed by atoms with Crippen molar-refractivity contribution in [3.05, 3.63) is 109 Å². The molecule has 3 heteroatoms. The summed E-state index contributed by atoms with van der Waals surface area (Å²) in [5.41, 5.74) is 2.70. The molecule has 0 bridgehead atoms. The van der Waals surface area contributed by atoms with E-state index in [0.29, 0.717) is 0 Å². The van der Waals surface area contributed by atoms with Crippen LogP contribution in [0.15, 0.2) is 129 Å². The Balaban J connectivity index is 1.64. The lowest BCUT2D eigenvalue weighted by Gasteiger charge is -2.44. The molecule has 2 fully saturated rings. The minimum atomic E-state index is -1.64. The van der Waals surface area contributed by atoms with Gasteiger partial charge in [0.15, 0.2) is 0 Å². The van der Waals surface area contributed by atoms with Gasteiger partial charge in [0.2, 0.25) is 0 Å². The van der Waals surface area contributed by atoms with E-state index in [-0.39, 0.29) is 0 Å². The molecule has 6 rings (SSSR count). The third-order valence-corrected chi connectivity index (χ3v) is 10.9. The highest BCUT2D eigenvalue weighted by atomic mass is 32.3. The van der Waals surface area contributed by atoms with Crippen LogP contribution in [-0.4, -0.2) is 26.2 Å². The minimum absolute atomic E-state index is 1.16. The van der Waals surface area contributed by atoms with Crippen LogP contribution in [-0.2, 0) is 0 Å². The summed E-state index contributed by atoms with van der Waals surface area (Å²) in [6.07, 6.45) is 2.58. The summed E-state index contributed by atoms with van der Waals surface area (Å²) in [5, 5.41) is 0. The molecule has 4 aromatic rings. The van der Waals surface area contributed by atoms with Gasteiger partial charge < -0.3 is 9.80 Å². The van der Waals surface area contributed by atoms with Crippen LogP contribution in [0.3, 0.4) is 0 Å². The minimum Gasteiger partial charge on any atom is -0.371 e. The van der Waals surface area contributed by atoms with Gasteiger partial charge in [-0.25, -0.2) is 0 Å². The van der Waals surface area contributed by atoms with Gasteiger partial charge in [0, 0.05) is 57.1 Å². The van der Waals surface area contributed by atoms with Gasteiger partial charge in [-0.05, 0) is 73.5 Å². The molecule has 0 saturated carbocycles. The molecule has 2 heterocycles. The van der Waals surface area contributed by atoms with Crippen LogP contribution in [0, 0.1) is 0 Å². The zero-order valence-electron chi connectivity index (χ0n) is 18.9. The van der Waals surface area contributed by atoms with Gasteiger partial charge in [0.05, 0.1) is 0 Å². The van der Waals surface area contributed by atoms with E-state index in [0.717, 1.165) is 26.2 Å². The number of hydrogen-bond acceptors (Lipinski definition) is 2. The van der Waals surface area contributed by atoms with Crippen molar-refractivity contribution < 1.29 is 0 Å². The van der Waals surface area contributed by atoms with E-state index in [9.17, 15) is 0 Å². The average molecular weight is 451 g/mol. The number of nitrogens with zero attached hydrogens (tertiary/aromatic N) is 2. The highest BCUT2D eigenvalue weighted by Gasteiger charge is 2.34. The third kappa shape index (κ3) is 3.52. The van der Waals surface area contributed by atoms with Crippen LogP contribution in [0.25, 0.3) is 0 Å². The van der Waals surface area contributed by atoms with Crippen LogP contribution in [0.2, 0.25) is 0 Å². The summed E-state index contributed by atoms with van der Waals surface area (Å²) >= 11 is 0. The Labute approximate surface area is 198 Å². The predicted molar refractivity (Wildman–Crippen MR) is 140 cm³/mol.